The number of benzene rings is 2. The van der Waals surface area contributed by atoms with Crippen molar-refractivity contribution in [1.29, 1.82) is 0 Å². The minimum Gasteiger partial charge on any atom is -0.399 e. The third-order valence-electron chi connectivity index (χ3n) is 2.75. The smallest absolute Gasteiger partial charge is 0.0400 e. The van der Waals surface area contributed by atoms with E-state index in [9.17, 15) is 0 Å². The van der Waals surface area contributed by atoms with Gasteiger partial charge in [0, 0.05) is 23.6 Å². The van der Waals surface area contributed by atoms with Gasteiger partial charge in [0.2, 0.25) is 0 Å². The molecule has 88 valence electrons. The Kier molecular flexibility index (Phi) is 3.19. The highest BCUT2D eigenvalue weighted by Crippen LogP contribution is 2.17. The van der Waals surface area contributed by atoms with Crippen LogP contribution < -0.4 is 16.8 Å². The molecule has 0 saturated carbocycles. The van der Waals surface area contributed by atoms with Crippen molar-refractivity contribution in [3.63, 3.8) is 0 Å². The van der Waals surface area contributed by atoms with Gasteiger partial charge in [-0.25, -0.2) is 0 Å². The molecule has 2 aromatic carbocycles. The van der Waals surface area contributed by atoms with Crippen molar-refractivity contribution < 1.29 is 0 Å². The maximum Gasteiger partial charge on any atom is 0.0400 e. The maximum absolute atomic E-state index is 5.77. The standard InChI is InChI=1S/C14H17N3/c1-10-8-13(6-7-14(10)16)17-9-11-2-4-12(15)5-3-11/h2-8,17H,9,15-16H2,1H3. The Balaban J connectivity index is 2.02. The molecule has 0 amide bonds. The van der Waals surface area contributed by atoms with E-state index in [2.05, 4.69) is 5.32 Å². The summed E-state index contributed by atoms with van der Waals surface area (Å²) in [5.74, 6) is 0. The number of aryl methyl sites for hydroxylation is 1. The van der Waals surface area contributed by atoms with Gasteiger partial charge in [0.25, 0.3) is 0 Å². The van der Waals surface area contributed by atoms with E-state index in [4.69, 9.17) is 11.5 Å². The van der Waals surface area contributed by atoms with Gasteiger partial charge in [0.05, 0.1) is 0 Å². The van der Waals surface area contributed by atoms with Gasteiger partial charge in [-0.3, -0.25) is 0 Å². The zero-order valence-electron chi connectivity index (χ0n) is 9.90. The van der Waals surface area contributed by atoms with Crippen molar-refractivity contribution in [2.24, 2.45) is 0 Å². The van der Waals surface area contributed by atoms with Crippen LogP contribution in [0, 0.1) is 6.92 Å². The molecule has 0 fully saturated rings. The van der Waals surface area contributed by atoms with Gasteiger partial charge in [0.1, 0.15) is 0 Å². The number of anilines is 3. The first-order chi connectivity index (χ1) is 8.15. The van der Waals surface area contributed by atoms with E-state index in [1.54, 1.807) is 0 Å². The molecule has 2 aromatic rings. The van der Waals surface area contributed by atoms with Gasteiger partial charge < -0.3 is 16.8 Å². The monoisotopic (exact) mass is 227 g/mol. The predicted molar refractivity (Wildman–Crippen MR) is 73.8 cm³/mol. The van der Waals surface area contributed by atoms with Crippen LogP contribution in [-0.2, 0) is 6.54 Å². The molecule has 0 aromatic heterocycles. The van der Waals surface area contributed by atoms with Crippen molar-refractivity contribution in [3.8, 4) is 0 Å². The Bertz CT molecular complexity index is 503. The number of nitrogen functional groups attached to an aromatic ring is 2. The molecule has 0 atom stereocenters. The third kappa shape index (κ3) is 2.91. The second kappa shape index (κ2) is 4.78. The third-order valence-corrected chi connectivity index (χ3v) is 2.75. The first kappa shape index (κ1) is 11.3. The first-order valence-corrected chi connectivity index (χ1v) is 5.59. The minimum absolute atomic E-state index is 0.781. The highest BCUT2D eigenvalue weighted by molar-refractivity contribution is 5.56. The summed E-state index contributed by atoms with van der Waals surface area (Å²) >= 11 is 0. The fraction of sp³-hybridized carbons (Fsp3) is 0.143. The molecule has 0 radical (unpaired) electrons. The largest absolute Gasteiger partial charge is 0.399 e. The molecule has 0 aliphatic carbocycles. The van der Waals surface area contributed by atoms with Gasteiger partial charge in [-0.05, 0) is 48.4 Å². The summed E-state index contributed by atoms with van der Waals surface area (Å²) in [6, 6.07) is 13.8. The topological polar surface area (TPSA) is 64.1 Å². The molecule has 0 heterocycles. The summed E-state index contributed by atoms with van der Waals surface area (Å²) in [6.45, 7) is 2.79. The molecule has 17 heavy (non-hydrogen) atoms. The predicted octanol–water partition coefficient (Wildman–Crippen LogP) is 2.77. The van der Waals surface area contributed by atoms with E-state index < -0.39 is 0 Å². The summed E-state index contributed by atoms with van der Waals surface area (Å²) in [7, 11) is 0. The van der Waals surface area contributed by atoms with Crippen molar-refractivity contribution in [2.75, 3.05) is 16.8 Å². The lowest BCUT2D eigenvalue weighted by atomic mass is 10.1. The van der Waals surface area contributed by atoms with Crippen molar-refractivity contribution in [2.45, 2.75) is 13.5 Å². The Hall–Kier alpha value is -2.16. The minimum atomic E-state index is 0.781. The van der Waals surface area contributed by atoms with Crippen LogP contribution in [0.5, 0.6) is 0 Å². The average Bonchev–Trinajstić information content (AvgIpc) is 2.33. The fourth-order valence-corrected chi connectivity index (χ4v) is 1.63. The van der Waals surface area contributed by atoms with E-state index in [0.29, 0.717) is 0 Å². The second-order valence-electron chi connectivity index (χ2n) is 4.17. The Morgan fingerprint density at radius 2 is 1.71 bits per heavy atom. The molecule has 5 N–H and O–H groups in total. The molecule has 0 aliphatic heterocycles. The van der Waals surface area contributed by atoms with Crippen LogP contribution in [0.2, 0.25) is 0 Å². The Morgan fingerprint density at radius 3 is 2.35 bits per heavy atom. The maximum atomic E-state index is 5.77. The summed E-state index contributed by atoms with van der Waals surface area (Å²) in [5, 5.41) is 3.35. The van der Waals surface area contributed by atoms with E-state index in [1.165, 1.54) is 5.56 Å². The molecule has 0 spiro atoms. The van der Waals surface area contributed by atoms with Gasteiger partial charge in [-0.2, -0.15) is 0 Å². The molecular weight excluding hydrogens is 210 g/mol. The highest BCUT2D eigenvalue weighted by atomic mass is 14.9. The van der Waals surface area contributed by atoms with Crippen molar-refractivity contribution in [3.05, 3.63) is 53.6 Å². The molecule has 0 saturated heterocycles. The van der Waals surface area contributed by atoms with Crippen molar-refractivity contribution >= 4 is 17.1 Å². The molecule has 0 aliphatic rings. The van der Waals surface area contributed by atoms with Gasteiger partial charge in [-0.15, -0.1) is 0 Å². The summed E-state index contributed by atoms with van der Waals surface area (Å²) in [5.41, 5.74) is 16.4. The van der Waals surface area contributed by atoms with E-state index in [0.717, 1.165) is 29.2 Å². The molecule has 3 nitrogen and oxygen atoms in total. The van der Waals surface area contributed by atoms with Gasteiger partial charge in [0.15, 0.2) is 0 Å². The van der Waals surface area contributed by atoms with E-state index in [1.807, 2.05) is 49.4 Å². The summed E-state index contributed by atoms with van der Waals surface area (Å²) in [4.78, 5) is 0. The average molecular weight is 227 g/mol. The second-order valence-corrected chi connectivity index (χ2v) is 4.17. The van der Waals surface area contributed by atoms with Crippen LogP contribution in [0.15, 0.2) is 42.5 Å². The van der Waals surface area contributed by atoms with E-state index in [-0.39, 0.29) is 0 Å². The lowest BCUT2D eigenvalue weighted by molar-refractivity contribution is 1.15. The van der Waals surface area contributed by atoms with Crippen LogP contribution in [0.25, 0.3) is 0 Å². The molecule has 2 rings (SSSR count). The Morgan fingerprint density at radius 1 is 1.00 bits per heavy atom. The Labute approximate surface area is 101 Å². The molecule has 0 unspecified atom stereocenters. The van der Waals surface area contributed by atoms with E-state index >= 15 is 0 Å². The highest BCUT2D eigenvalue weighted by Gasteiger charge is 1.97. The normalized spacial score (nSPS) is 10.2. The molecule has 3 heteroatoms. The molecular formula is C14H17N3. The quantitative estimate of drug-likeness (QED) is 0.706. The zero-order chi connectivity index (χ0) is 12.3. The number of hydrogen-bond donors (Lipinski definition) is 3. The SMILES string of the molecule is Cc1cc(NCc2ccc(N)cc2)ccc1N. The summed E-state index contributed by atoms with van der Waals surface area (Å²) < 4.78 is 0. The van der Waals surface area contributed by atoms with Crippen LogP contribution in [-0.4, -0.2) is 0 Å². The van der Waals surface area contributed by atoms with Crippen LogP contribution in [0.1, 0.15) is 11.1 Å². The van der Waals surface area contributed by atoms with Gasteiger partial charge in [-0.1, -0.05) is 12.1 Å². The number of nitrogens with two attached hydrogens (primary N) is 2. The number of hydrogen-bond acceptors (Lipinski definition) is 3. The first-order valence-electron chi connectivity index (χ1n) is 5.59. The fourth-order valence-electron chi connectivity index (χ4n) is 1.63. The molecule has 0 bridgehead atoms. The van der Waals surface area contributed by atoms with Crippen LogP contribution >= 0.6 is 0 Å². The lowest BCUT2D eigenvalue weighted by Gasteiger charge is -2.08. The lowest BCUT2D eigenvalue weighted by Crippen LogP contribution is -2.00. The van der Waals surface area contributed by atoms with Crippen molar-refractivity contribution in [1.82, 2.24) is 0 Å². The number of nitrogens with one attached hydrogen (secondary N) is 1. The number of rotatable bonds is 3. The summed E-state index contributed by atoms with van der Waals surface area (Å²) in [6.07, 6.45) is 0. The zero-order valence-corrected chi connectivity index (χ0v) is 9.90. The van der Waals surface area contributed by atoms with Crippen LogP contribution in [0.3, 0.4) is 0 Å². The van der Waals surface area contributed by atoms with Gasteiger partial charge >= 0.3 is 0 Å². The van der Waals surface area contributed by atoms with Crippen LogP contribution in [0.4, 0.5) is 17.1 Å².